The Balaban J connectivity index is 1.81. The van der Waals surface area contributed by atoms with E-state index in [2.05, 4.69) is 10.3 Å². The first-order valence-electron chi connectivity index (χ1n) is 9.57. The molecule has 0 aliphatic rings. The first-order valence-corrected chi connectivity index (χ1v) is 9.57. The van der Waals surface area contributed by atoms with Crippen LogP contribution < -0.4 is 16.6 Å². The lowest BCUT2D eigenvalue weighted by Gasteiger charge is -2.19. The van der Waals surface area contributed by atoms with Gasteiger partial charge in [0, 0.05) is 5.69 Å². The van der Waals surface area contributed by atoms with E-state index in [0.29, 0.717) is 16.7 Å². The van der Waals surface area contributed by atoms with Crippen molar-refractivity contribution in [1.29, 1.82) is 0 Å². The molecule has 156 valence electrons. The first-order chi connectivity index (χ1) is 14.3. The minimum Gasteiger partial charge on any atom is -0.368 e. The predicted octanol–water partition coefficient (Wildman–Crippen LogP) is 1.57. The molecule has 0 saturated heterocycles. The van der Waals surface area contributed by atoms with Crippen LogP contribution in [0.2, 0.25) is 0 Å². The highest BCUT2D eigenvalue weighted by atomic mass is 16.2. The Morgan fingerprint density at radius 1 is 1.13 bits per heavy atom. The zero-order chi connectivity index (χ0) is 21.8. The zero-order valence-electron chi connectivity index (χ0n) is 17.3. The molecular formula is C22H25N5O3. The topological polar surface area (TPSA) is 110 Å². The van der Waals surface area contributed by atoms with Crippen LogP contribution in [0.25, 0.3) is 10.9 Å². The lowest BCUT2D eigenvalue weighted by molar-refractivity contribution is -0.119. The van der Waals surface area contributed by atoms with Gasteiger partial charge in [-0.1, -0.05) is 24.3 Å². The largest absolute Gasteiger partial charge is 0.368 e. The van der Waals surface area contributed by atoms with Gasteiger partial charge in [-0.2, -0.15) is 0 Å². The Bertz CT molecular complexity index is 1170. The van der Waals surface area contributed by atoms with Crippen LogP contribution >= 0.6 is 0 Å². The lowest BCUT2D eigenvalue weighted by atomic mass is 10.1. The summed E-state index contributed by atoms with van der Waals surface area (Å²) in [6, 6.07) is 12.7. The predicted molar refractivity (Wildman–Crippen MR) is 116 cm³/mol. The van der Waals surface area contributed by atoms with Crippen molar-refractivity contribution in [2.75, 3.05) is 18.9 Å². The van der Waals surface area contributed by atoms with E-state index in [4.69, 9.17) is 5.73 Å². The monoisotopic (exact) mass is 407 g/mol. The summed E-state index contributed by atoms with van der Waals surface area (Å²) in [5, 5.41) is 3.33. The standard InChI is InChI=1S/C22H25N5O3/c1-14-7-6-10-17(15(14)2)25-21(29)13-26(3)12-20-24-18-9-5-4-8-16(18)22(30)27(20)11-19(23)28/h4-10H,11-13H2,1-3H3,(H2,23,28)(H,25,29). The molecule has 1 heterocycles. The van der Waals surface area contributed by atoms with Gasteiger partial charge in [0.15, 0.2) is 0 Å². The number of anilines is 1. The highest BCUT2D eigenvalue weighted by Gasteiger charge is 2.16. The van der Waals surface area contributed by atoms with Crippen molar-refractivity contribution >= 4 is 28.4 Å². The maximum Gasteiger partial charge on any atom is 0.261 e. The number of hydrogen-bond donors (Lipinski definition) is 2. The van der Waals surface area contributed by atoms with Gasteiger partial charge < -0.3 is 11.1 Å². The molecule has 2 aromatic carbocycles. The van der Waals surface area contributed by atoms with Crippen LogP contribution in [-0.4, -0.2) is 39.9 Å². The van der Waals surface area contributed by atoms with Crippen LogP contribution in [-0.2, 0) is 22.7 Å². The quantitative estimate of drug-likeness (QED) is 0.618. The van der Waals surface area contributed by atoms with Gasteiger partial charge in [-0.25, -0.2) is 4.98 Å². The molecule has 0 fully saturated rings. The summed E-state index contributed by atoms with van der Waals surface area (Å²) in [7, 11) is 1.75. The van der Waals surface area contributed by atoms with E-state index >= 15 is 0 Å². The molecule has 0 aliphatic carbocycles. The van der Waals surface area contributed by atoms with Crippen molar-refractivity contribution in [2.45, 2.75) is 26.9 Å². The molecule has 30 heavy (non-hydrogen) atoms. The zero-order valence-corrected chi connectivity index (χ0v) is 17.3. The van der Waals surface area contributed by atoms with Crippen LogP contribution in [0.3, 0.4) is 0 Å². The smallest absolute Gasteiger partial charge is 0.261 e. The number of nitrogens with one attached hydrogen (secondary N) is 1. The number of aromatic nitrogens is 2. The maximum absolute atomic E-state index is 12.8. The first kappa shape index (κ1) is 21.2. The fourth-order valence-corrected chi connectivity index (χ4v) is 3.27. The van der Waals surface area contributed by atoms with Crippen molar-refractivity contribution in [3.8, 4) is 0 Å². The lowest BCUT2D eigenvalue weighted by Crippen LogP contribution is -2.36. The van der Waals surface area contributed by atoms with Crippen LogP contribution in [0, 0.1) is 13.8 Å². The van der Waals surface area contributed by atoms with E-state index in [9.17, 15) is 14.4 Å². The van der Waals surface area contributed by atoms with Gasteiger partial charge >= 0.3 is 0 Å². The average Bonchev–Trinajstić information content (AvgIpc) is 2.68. The molecule has 8 nitrogen and oxygen atoms in total. The van der Waals surface area contributed by atoms with Crippen LogP contribution in [0.5, 0.6) is 0 Å². The number of fused-ring (bicyclic) bond motifs is 1. The summed E-state index contributed by atoms with van der Waals surface area (Å²) in [4.78, 5) is 43.1. The molecule has 0 atom stereocenters. The number of nitrogens with zero attached hydrogens (tertiary/aromatic N) is 3. The van der Waals surface area contributed by atoms with Gasteiger partial charge in [0.25, 0.3) is 5.56 Å². The number of hydrogen-bond acceptors (Lipinski definition) is 5. The Labute approximate surface area is 174 Å². The van der Waals surface area contributed by atoms with Crippen LogP contribution in [0.15, 0.2) is 47.3 Å². The van der Waals surface area contributed by atoms with Crippen molar-refractivity contribution < 1.29 is 9.59 Å². The summed E-state index contributed by atoms with van der Waals surface area (Å²) in [5.74, 6) is -0.443. The van der Waals surface area contributed by atoms with E-state index in [1.807, 2.05) is 32.0 Å². The van der Waals surface area contributed by atoms with Gasteiger partial charge in [0.2, 0.25) is 11.8 Å². The van der Waals surface area contributed by atoms with Crippen molar-refractivity contribution in [3.05, 3.63) is 69.8 Å². The summed E-state index contributed by atoms with van der Waals surface area (Å²) in [6.45, 7) is 3.96. The highest BCUT2D eigenvalue weighted by molar-refractivity contribution is 5.93. The number of nitrogens with two attached hydrogens (primary N) is 1. The highest BCUT2D eigenvalue weighted by Crippen LogP contribution is 2.18. The molecule has 1 aromatic heterocycles. The van der Waals surface area contributed by atoms with E-state index < -0.39 is 5.91 Å². The second-order valence-electron chi connectivity index (χ2n) is 7.37. The number of aryl methyl sites for hydroxylation is 1. The van der Waals surface area contributed by atoms with Crippen LogP contribution in [0.1, 0.15) is 17.0 Å². The molecule has 0 bridgehead atoms. The fraction of sp³-hybridized carbons (Fsp3) is 0.273. The molecular weight excluding hydrogens is 382 g/mol. The molecule has 0 radical (unpaired) electrons. The average molecular weight is 407 g/mol. The Kier molecular flexibility index (Phi) is 6.27. The molecule has 0 spiro atoms. The van der Waals surface area contributed by atoms with Crippen molar-refractivity contribution in [1.82, 2.24) is 14.5 Å². The third-order valence-corrected chi connectivity index (χ3v) is 4.96. The molecule has 3 N–H and O–H groups in total. The molecule has 2 amide bonds. The Morgan fingerprint density at radius 3 is 2.60 bits per heavy atom. The second-order valence-corrected chi connectivity index (χ2v) is 7.37. The van der Waals surface area contributed by atoms with E-state index in [-0.39, 0.29) is 31.1 Å². The maximum atomic E-state index is 12.8. The van der Waals surface area contributed by atoms with Crippen molar-refractivity contribution in [3.63, 3.8) is 0 Å². The van der Waals surface area contributed by atoms with Gasteiger partial charge in [0.05, 0.1) is 24.0 Å². The Morgan fingerprint density at radius 2 is 1.87 bits per heavy atom. The number of carbonyl (C=O) groups excluding carboxylic acids is 2. The van der Waals surface area contributed by atoms with Gasteiger partial charge in [0.1, 0.15) is 12.4 Å². The minimum atomic E-state index is -0.634. The number of benzene rings is 2. The molecule has 3 aromatic rings. The summed E-state index contributed by atoms with van der Waals surface area (Å²) in [6.07, 6.45) is 0. The summed E-state index contributed by atoms with van der Waals surface area (Å²) >= 11 is 0. The number of para-hydroxylation sites is 1. The number of amides is 2. The number of rotatable bonds is 7. The number of primary amides is 1. The van der Waals surface area contributed by atoms with Crippen molar-refractivity contribution in [2.24, 2.45) is 5.73 Å². The molecule has 0 unspecified atom stereocenters. The Hall–Kier alpha value is -3.52. The molecule has 8 heteroatoms. The number of carbonyl (C=O) groups is 2. The van der Waals surface area contributed by atoms with Gasteiger partial charge in [-0.3, -0.25) is 23.9 Å². The normalized spacial score (nSPS) is 11.1. The van der Waals surface area contributed by atoms with Gasteiger partial charge in [-0.05, 0) is 50.2 Å². The van der Waals surface area contributed by atoms with E-state index in [1.54, 1.807) is 36.2 Å². The minimum absolute atomic E-state index is 0.0899. The molecule has 3 rings (SSSR count). The van der Waals surface area contributed by atoms with Crippen LogP contribution in [0.4, 0.5) is 5.69 Å². The second kappa shape index (κ2) is 8.87. The summed E-state index contributed by atoms with van der Waals surface area (Å²) in [5.41, 5.74) is 8.40. The molecule has 0 aliphatic heterocycles. The summed E-state index contributed by atoms with van der Waals surface area (Å²) < 4.78 is 1.27. The molecule has 0 saturated carbocycles. The van der Waals surface area contributed by atoms with E-state index in [0.717, 1.165) is 16.8 Å². The number of likely N-dealkylation sites (N-methyl/N-ethyl adjacent to an activating group) is 1. The fourth-order valence-electron chi connectivity index (χ4n) is 3.27. The third-order valence-electron chi connectivity index (χ3n) is 4.96. The SMILES string of the molecule is Cc1cccc(NC(=O)CN(C)Cc2nc3ccccc3c(=O)n2CC(N)=O)c1C. The van der Waals surface area contributed by atoms with Gasteiger partial charge in [-0.15, -0.1) is 0 Å². The van der Waals surface area contributed by atoms with E-state index in [1.165, 1.54) is 4.57 Å². The third kappa shape index (κ3) is 4.72.